The van der Waals surface area contributed by atoms with E-state index < -0.39 is 5.41 Å². The van der Waals surface area contributed by atoms with Crippen molar-refractivity contribution in [3.05, 3.63) is 17.5 Å². The second kappa shape index (κ2) is 3.43. The Kier molecular flexibility index (Phi) is 2.39. The average molecular weight is 231 g/mol. The first-order valence-corrected chi connectivity index (χ1v) is 5.76. The van der Waals surface area contributed by atoms with Crippen molar-refractivity contribution in [3.8, 4) is 6.07 Å². The van der Waals surface area contributed by atoms with Crippen LogP contribution in [0.4, 0.5) is 0 Å². The lowest BCUT2D eigenvalue weighted by Gasteiger charge is -2.33. The van der Waals surface area contributed by atoms with Crippen molar-refractivity contribution in [1.82, 2.24) is 9.78 Å². The molecule has 1 fully saturated rings. The van der Waals surface area contributed by atoms with Gasteiger partial charge in [-0.15, -0.1) is 0 Å². The Morgan fingerprint density at radius 1 is 1.47 bits per heavy atom. The minimum Gasteiger partial charge on any atom is -0.300 e. The number of hydrogen-bond donors (Lipinski definition) is 0. The van der Waals surface area contributed by atoms with E-state index >= 15 is 0 Å². The van der Waals surface area contributed by atoms with Gasteiger partial charge in [0.1, 0.15) is 11.2 Å². The molecule has 0 unspecified atom stereocenters. The summed E-state index contributed by atoms with van der Waals surface area (Å²) in [5, 5.41) is 13.8. The summed E-state index contributed by atoms with van der Waals surface area (Å²) in [6, 6.07) is 4.25. The first-order valence-electron chi connectivity index (χ1n) is 5.76. The van der Waals surface area contributed by atoms with Crippen molar-refractivity contribution in [2.45, 2.75) is 44.4 Å². The highest BCUT2D eigenvalue weighted by Crippen LogP contribution is 2.41. The molecule has 4 nitrogen and oxygen atoms in total. The van der Waals surface area contributed by atoms with Crippen molar-refractivity contribution in [3.63, 3.8) is 0 Å². The van der Waals surface area contributed by atoms with Crippen LogP contribution in [-0.2, 0) is 22.7 Å². The smallest absolute Gasteiger partial charge is 0.136 e. The van der Waals surface area contributed by atoms with Gasteiger partial charge in [-0.25, -0.2) is 0 Å². The molecule has 2 rings (SSSR count). The molecule has 0 aliphatic heterocycles. The molecule has 0 atom stereocenters. The van der Waals surface area contributed by atoms with Crippen LogP contribution < -0.4 is 0 Å². The van der Waals surface area contributed by atoms with Crippen LogP contribution in [0.25, 0.3) is 0 Å². The molecule has 17 heavy (non-hydrogen) atoms. The van der Waals surface area contributed by atoms with Gasteiger partial charge < -0.3 is 0 Å². The fraction of sp³-hybridized carbons (Fsp3) is 0.615. The van der Waals surface area contributed by atoms with Gasteiger partial charge in [0.2, 0.25) is 0 Å². The zero-order chi connectivity index (χ0) is 12.8. The summed E-state index contributed by atoms with van der Waals surface area (Å²) in [5.74, 6) is 0.157. The van der Waals surface area contributed by atoms with E-state index in [1.807, 2.05) is 13.1 Å². The number of ketones is 1. The largest absolute Gasteiger partial charge is 0.300 e. The highest BCUT2D eigenvalue weighted by molar-refractivity contribution is 5.89. The zero-order valence-corrected chi connectivity index (χ0v) is 10.7. The topological polar surface area (TPSA) is 58.7 Å². The summed E-state index contributed by atoms with van der Waals surface area (Å²) < 4.78 is 1.75. The van der Waals surface area contributed by atoms with E-state index in [1.165, 1.54) is 0 Å². The number of carbonyl (C=O) groups excluding carboxylic acids is 1. The Hall–Kier alpha value is -1.63. The molecule has 0 spiro atoms. The molecule has 1 aromatic heterocycles. The number of carbonyl (C=O) groups is 1. The van der Waals surface area contributed by atoms with Crippen LogP contribution in [0.2, 0.25) is 0 Å². The minimum absolute atomic E-state index is 0.0413. The van der Waals surface area contributed by atoms with Crippen LogP contribution in [0, 0.1) is 11.3 Å². The molecule has 0 amide bonds. The number of nitriles is 1. The summed E-state index contributed by atoms with van der Waals surface area (Å²) in [7, 11) is 1.84. The fourth-order valence-electron chi connectivity index (χ4n) is 2.22. The summed E-state index contributed by atoms with van der Waals surface area (Å²) in [6.07, 6.45) is 0.652. The Bertz CT molecular complexity index is 506. The van der Waals surface area contributed by atoms with Gasteiger partial charge in [-0.1, -0.05) is 20.8 Å². The minimum atomic E-state index is -0.637. The van der Waals surface area contributed by atoms with Crippen LogP contribution in [-0.4, -0.2) is 15.6 Å². The highest BCUT2D eigenvalue weighted by atomic mass is 16.1. The lowest BCUT2D eigenvalue weighted by molar-refractivity contribution is -0.126. The molecular weight excluding hydrogens is 214 g/mol. The van der Waals surface area contributed by atoms with Gasteiger partial charge in [-0.3, -0.25) is 9.48 Å². The van der Waals surface area contributed by atoms with Gasteiger partial charge in [0.05, 0.1) is 17.5 Å². The Labute approximate surface area is 101 Å². The van der Waals surface area contributed by atoms with E-state index in [0.29, 0.717) is 12.8 Å². The molecule has 1 saturated carbocycles. The number of Topliss-reactive ketones (excluding diaryl/α,β-unsaturated/α-hetero) is 1. The van der Waals surface area contributed by atoms with Gasteiger partial charge >= 0.3 is 0 Å². The summed E-state index contributed by atoms with van der Waals surface area (Å²) in [6.45, 7) is 6.26. The molecule has 1 aliphatic carbocycles. The maximum absolute atomic E-state index is 11.2. The molecule has 0 saturated heterocycles. The summed E-state index contributed by atoms with van der Waals surface area (Å²) in [5.41, 5.74) is 1.15. The van der Waals surface area contributed by atoms with Crippen LogP contribution >= 0.6 is 0 Å². The summed E-state index contributed by atoms with van der Waals surface area (Å²) >= 11 is 0. The lowest BCUT2D eigenvalue weighted by Crippen LogP contribution is -2.41. The second-order valence-electron chi connectivity index (χ2n) is 5.87. The first-order chi connectivity index (χ1) is 7.78. The van der Waals surface area contributed by atoms with Gasteiger partial charge in [-0.2, -0.15) is 10.4 Å². The molecule has 90 valence electrons. The van der Waals surface area contributed by atoms with Gasteiger partial charge in [0.15, 0.2) is 0 Å². The number of rotatable bonds is 1. The van der Waals surface area contributed by atoms with E-state index in [1.54, 1.807) is 4.68 Å². The Morgan fingerprint density at radius 3 is 2.41 bits per heavy atom. The van der Waals surface area contributed by atoms with Crippen LogP contribution in [0.5, 0.6) is 0 Å². The fourth-order valence-corrected chi connectivity index (χ4v) is 2.22. The van der Waals surface area contributed by atoms with E-state index in [-0.39, 0.29) is 11.2 Å². The zero-order valence-electron chi connectivity index (χ0n) is 10.7. The quantitative estimate of drug-likeness (QED) is 0.741. The maximum atomic E-state index is 11.2. The van der Waals surface area contributed by atoms with Crippen LogP contribution in [0.1, 0.15) is 45.0 Å². The van der Waals surface area contributed by atoms with Crippen LogP contribution in [0.3, 0.4) is 0 Å². The number of hydrogen-bond acceptors (Lipinski definition) is 3. The second-order valence-corrected chi connectivity index (χ2v) is 5.87. The van der Waals surface area contributed by atoms with Crippen molar-refractivity contribution >= 4 is 5.78 Å². The number of aromatic nitrogens is 2. The molecular formula is C13H17N3O. The Morgan fingerprint density at radius 2 is 2.06 bits per heavy atom. The molecule has 1 aliphatic rings. The van der Waals surface area contributed by atoms with Gasteiger partial charge in [0.25, 0.3) is 0 Å². The van der Waals surface area contributed by atoms with Crippen molar-refractivity contribution in [2.75, 3.05) is 0 Å². The van der Waals surface area contributed by atoms with E-state index in [2.05, 4.69) is 31.9 Å². The third-order valence-corrected chi connectivity index (χ3v) is 3.35. The molecule has 0 N–H and O–H groups in total. The van der Waals surface area contributed by atoms with E-state index in [4.69, 9.17) is 0 Å². The van der Waals surface area contributed by atoms with Gasteiger partial charge in [-0.05, 0) is 6.07 Å². The highest BCUT2D eigenvalue weighted by Gasteiger charge is 2.48. The number of nitrogens with zero attached hydrogens (tertiary/aromatic N) is 3. The van der Waals surface area contributed by atoms with E-state index in [0.717, 1.165) is 11.4 Å². The predicted molar refractivity (Wildman–Crippen MR) is 63.4 cm³/mol. The molecule has 4 heteroatoms. The standard InChI is InChI=1S/C13H17N3O/c1-12(2,3)10-5-11(16(4)15-10)13(8-14)6-9(17)7-13/h5H,6-7H2,1-4H3. The van der Waals surface area contributed by atoms with Crippen molar-refractivity contribution in [2.24, 2.45) is 7.05 Å². The third kappa shape index (κ3) is 1.76. The molecule has 0 aromatic carbocycles. The number of aryl methyl sites for hydroxylation is 1. The monoisotopic (exact) mass is 231 g/mol. The molecule has 0 bridgehead atoms. The Balaban J connectivity index is 2.44. The van der Waals surface area contributed by atoms with Gasteiger partial charge in [0, 0.05) is 25.3 Å². The average Bonchev–Trinajstić information content (AvgIpc) is 2.55. The van der Waals surface area contributed by atoms with Crippen LogP contribution in [0.15, 0.2) is 6.07 Å². The summed E-state index contributed by atoms with van der Waals surface area (Å²) in [4.78, 5) is 11.2. The first kappa shape index (κ1) is 11.8. The molecule has 1 heterocycles. The third-order valence-electron chi connectivity index (χ3n) is 3.35. The lowest BCUT2D eigenvalue weighted by atomic mass is 9.66. The predicted octanol–water partition coefficient (Wildman–Crippen LogP) is 1.84. The normalized spacial score (nSPS) is 18.6. The van der Waals surface area contributed by atoms with E-state index in [9.17, 15) is 10.1 Å². The maximum Gasteiger partial charge on any atom is 0.136 e. The molecule has 0 radical (unpaired) electrons. The molecule has 1 aromatic rings. The SMILES string of the molecule is Cn1nc(C(C)(C)C)cc1C1(C#N)CC(=O)C1. The van der Waals surface area contributed by atoms with Crippen molar-refractivity contribution in [1.29, 1.82) is 5.26 Å². The van der Waals surface area contributed by atoms with Crippen molar-refractivity contribution < 1.29 is 4.79 Å².